The molecule has 4 nitrogen and oxygen atoms in total. The summed E-state index contributed by atoms with van der Waals surface area (Å²) in [6, 6.07) is 10.2. The Morgan fingerprint density at radius 1 is 1.22 bits per heavy atom. The Balaban J connectivity index is 2.39. The molecule has 0 aliphatic rings. The average Bonchev–Trinajstić information content (AvgIpc) is 2.53. The van der Waals surface area contributed by atoms with Crippen molar-refractivity contribution in [3.8, 4) is 23.7 Å². The van der Waals surface area contributed by atoms with Gasteiger partial charge in [0.1, 0.15) is 11.6 Å². The number of nitrogens with zero attached hydrogens (tertiary/aromatic N) is 1. The highest BCUT2D eigenvalue weighted by Crippen LogP contribution is 2.22. The van der Waals surface area contributed by atoms with Crippen molar-refractivity contribution in [3.05, 3.63) is 63.9 Å². The molecule has 0 aliphatic carbocycles. The van der Waals surface area contributed by atoms with Crippen molar-refractivity contribution in [2.75, 3.05) is 6.61 Å². The Bertz CT molecular complexity index is 862. The molecule has 0 amide bonds. The van der Waals surface area contributed by atoms with Gasteiger partial charge in [-0.3, -0.25) is 0 Å². The maximum absolute atomic E-state index is 13.7. The van der Waals surface area contributed by atoms with E-state index in [-0.39, 0.29) is 16.9 Å². The Morgan fingerprint density at radius 3 is 2.65 bits per heavy atom. The van der Waals surface area contributed by atoms with Gasteiger partial charge in [0.15, 0.2) is 6.61 Å². The molecule has 1 N–H and O–H groups in total. The van der Waals surface area contributed by atoms with E-state index in [1.54, 1.807) is 0 Å². The van der Waals surface area contributed by atoms with E-state index >= 15 is 0 Å². The number of benzene rings is 2. The standard InChI is InChI=1S/C17H9ClFNO3/c18-14-4-6-16(23-10-17(21)22)13(8-14)3-2-12-7-11(9-20)1-5-15(12)19/h1,4-8H,10H2,(H,21,22). The van der Waals surface area contributed by atoms with Crippen molar-refractivity contribution in [3.63, 3.8) is 0 Å². The predicted molar refractivity (Wildman–Crippen MR) is 81.7 cm³/mol. The number of carbonyl (C=O) groups is 1. The quantitative estimate of drug-likeness (QED) is 0.878. The molecule has 0 fully saturated rings. The highest BCUT2D eigenvalue weighted by Gasteiger charge is 2.06. The molecule has 0 unspecified atom stereocenters. The number of aliphatic carboxylic acids is 1. The summed E-state index contributed by atoms with van der Waals surface area (Å²) >= 11 is 5.88. The number of carboxylic acid groups (broad SMARTS) is 1. The van der Waals surface area contributed by atoms with Crippen LogP contribution in [0.25, 0.3) is 0 Å². The first-order valence-electron chi connectivity index (χ1n) is 6.35. The van der Waals surface area contributed by atoms with Crippen LogP contribution in [0.4, 0.5) is 4.39 Å². The Hall–Kier alpha value is -3.02. The summed E-state index contributed by atoms with van der Waals surface area (Å²) in [7, 11) is 0. The third-order valence-electron chi connectivity index (χ3n) is 2.72. The Morgan fingerprint density at radius 2 is 1.96 bits per heavy atom. The van der Waals surface area contributed by atoms with Crippen LogP contribution in [0.2, 0.25) is 5.02 Å². The fraction of sp³-hybridized carbons (Fsp3) is 0.0588. The summed E-state index contributed by atoms with van der Waals surface area (Å²) in [4.78, 5) is 10.6. The van der Waals surface area contributed by atoms with Crippen molar-refractivity contribution in [1.29, 1.82) is 5.26 Å². The average molecular weight is 330 g/mol. The van der Waals surface area contributed by atoms with E-state index in [4.69, 9.17) is 26.7 Å². The SMILES string of the molecule is N#Cc1ccc(F)c(C#Cc2cc(Cl)ccc2OCC(=O)O)c1. The number of nitriles is 1. The van der Waals surface area contributed by atoms with Gasteiger partial charge in [0.05, 0.1) is 22.8 Å². The molecule has 0 saturated carbocycles. The molecule has 0 radical (unpaired) electrons. The van der Waals surface area contributed by atoms with Crippen LogP contribution < -0.4 is 4.74 Å². The highest BCUT2D eigenvalue weighted by atomic mass is 35.5. The minimum atomic E-state index is -1.13. The third kappa shape index (κ3) is 4.47. The number of hydrogen-bond acceptors (Lipinski definition) is 3. The molecule has 0 aromatic heterocycles. The summed E-state index contributed by atoms with van der Waals surface area (Å²) < 4.78 is 18.8. The van der Waals surface area contributed by atoms with Crippen LogP contribution in [-0.2, 0) is 4.79 Å². The van der Waals surface area contributed by atoms with Gasteiger partial charge in [-0.15, -0.1) is 0 Å². The van der Waals surface area contributed by atoms with Gasteiger partial charge < -0.3 is 9.84 Å². The normalized spacial score (nSPS) is 9.43. The Kier molecular flexibility index (Phi) is 5.19. The molecule has 114 valence electrons. The number of rotatable bonds is 3. The molecule has 2 aromatic rings. The summed E-state index contributed by atoms with van der Waals surface area (Å²) in [6.07, 6.45) is 0. The Labute approximate surface area is 136 Å². The zero-order valence-electron chi connectivity index (χ0n) is 11.6. The molecule has 2 aromatic carbocycles. The van der Waals surface area contributed by atoms with Gasteiger partial charge in [-0.05, 0) is 36.4 Å². The second kappa shape index (κ2) is 7.31. The zero-order chi connectivity index (χ0) is 16.8. The van der Waals surface area contributed by atoms with Gasteiger partial charge in [0, 0.05) is 5.02 Å². The molecule has 23 heavy (non-hydrogen) atoms. The second-order valence-electron chi connectivity index (χ2n) is 4.38. The first-order valence-corrected chi connectivity index (χ1v) is 6.73. The lowest BCUT2D eigenvalue weighted by Crippen LogP contribution is -2.10. The molecule has 0 bridgehead atoms. The molecule has 0 atom stereocenters. The van der Waals surface area contributed by atoms with Gasteiger partial charge >= 0.3 is 5.97 Å². The van der Waals surface area contributed by atoms with Crippen LogP contribution in [0, 0.1) is 29.0 Å². The summed E-state index contributed by atoms with van der Waals surface area (Å²) in [5, 5.41) is 17.9. The number of ether oxygens (including phenoxy) is 1. The lowest BCUT2D eigenvalue weighted by Gasteiger charge is -2.06. The molecule has 6 heteroatoms. The minimum Gasteiger partial charge on any atom is -0.481 e. The number of hydrogen-bond donors (Lipinski definition) is 1. The first kappa shape index (κ1) is 16.4. The second-order valence-corrected chi connectivity index (χ2v) is 4.82. The van der Waals surface area contributed by atoms with Crippen molar-refractivity contribution < 1.29 is 19.0 Å². The maximum Gasteiger partial charge on any atom is 0.341 e. The number of halogens is 2. The van der Waals surface area contributed by atoms with Crippen LogP contribution in [0.3, 0.4) is 0 Å². The van der Waals surface area contributed by atoms with Crippen molar-refractivity contribution >= 4 is 17.6 Å². The lowest BCUT2D eigenvalue weighted by atomic mass is 10.1. The lowest BCUT2D eigenvalue weighted by molar-refractivity contribution is -0.139. The van der Waals surface area contributed by atoms with E-state index in [1.165, 1.54) is 30.3 Å². The van der Waals surface area contributed by atoms with Gasteiger partial charge in [-0.2, -0.15) is 5.26 Å². The molecule has 0 saturated heterocycles. The number of carboxylic acids is 1. The fourth-order valence-corrected chi connectivity index (χ4v) is 1.86. The third-order valence-corrected chi connectivity index (χ3v) is 2.96. The topological polar surface area (TPSA) is 70.3 Å². The van der Waals surface area contributed by atoms with Crippen LogP contribution >= 0.6 is 11.6 Å². The summed E-state index contributed by atoms with van der Waals surface area (Å²) in [5.74, 6) is 3.81. The van der Waals surface area contributed by atoms with Gasteiger partial charge in [-0.25, -0.2) is 9.18 Å². The van der Waals surface area contributed by atoms with E-state index in [0.29, 0.717) is 10.6 Å². The van der Waals surface area contributed by atoms with Crippen LogP contribution in [0.15, 0.2) is 36.4 Å². The molecular formula is C17H9ClFNO3. The van der Waals surface area contributed by atoms with Crippen LogP contribution in [0.1, 0.15) is 16.7 Å². The first-order chi connectivity index (χ1) is 11.0. The largest absolute Gasteiger partial charge is 0.481 e. The van der Waals surface area contributed by atoms with E-state index in [2.05, 4.69) is 11.8 Å². The molecule has 2 rings (SSSR count). The van der Waals surface area contributed by atoms with Crippen molar-refractivity contribution in [2.45, 2.75) is 0 Å². The monoisotopic (exact) mass is 329 g/mol. The van der Waals surface area contributed by atoms with E-state index in [9.17, 15) is 9.18 Å². The molecule has 0 heterocycles. The van der Waals surface area contributed by atoms with Crippen LogP contribution in [0.5, 0.6) is 5.75 Å². The molecular weight excluding hydrogens is 321 g/mol. The molecule has 0 spiro atoms. The van der Waals surface area contributed by atoms with Gasteiger partial charge in [0.2, 0.25) is 0 Å². The fourth-order valence-electron chi connectivity index (χ4n) is 1.69. The van der Waals surface area contributed by atoms with E-state index in [1.807, 2.05) is 6.07 Å². The maximum atomic E-state index is 13.7. The highest BCUT2D eigenvalue weighted by molar-refractivity contribution is 6.30. The van der Waals surface area contributed by atoms with Crippen molar-refractivity contribution in [1.82, 2.24) is 0 Å². The predicted octanol–water partition coefficient (Wildman–Crippen LogP) is 3.21. The van der Waals surface area contributed by atoms with E-state index in [0.717, 1.165) is 6.07 Å². The van der Waals surface area contributed by atoms with Crippen LogP contribution in [-0.4, -0.2) is 17.7 Å². The summed E-state index contributed by atoms with van der Waals surface area (Å²) in [6.45, 7) is -0.533. The van der Waals surface area contributed by atoms with Gasteiger partial charge in [0.25, 0.3) is 0 Å². The minimum absolute atomic E-state index is 0.0493. The zero-order valence-corrected chi connectivity index (χ0v) is 12.4. The van der Waals surface area contributed by atoms with E-state index < -0.39 is 18.4 Å². The molecule has 0 aliphatic heterocycles. The summed E-state index contributed by atoms with van der Waals surface area (Å²) in [5.41, 5.74) is 0.651. The van der Waals surface area contributed by atoms with Gasteiger partial charge in [-0.1, -0.05) is 23.4 Å². The van der Waals surface area contributed by atoms with Crippen molar-refractivity contribution in [2.24, 2.45) is 0 Å². The smallest absolute Gasteiger partial charge is 0.341 e.